The number of nitrogens with one attached hydrogen (secondary N) is 1. The van der Waals surface area contributed by atoms with E-state index in [0.717, 1.165) is 63.6 Å². The van der Waals surface area contributed by atoms with Crippen LogP contribution in [0, 0.1) is 23.2 Å². The van der Waals surface area contributed by atoms with Gasteiger partial charge in [0.05, 0.1) is 0 Å². The van der Waals surface area contributed by atoms with Crippen LogP contribution in [0.2, 0.25) is 0 Å². The molecule has 2 aliphatic heterocycles. The molecule has 1 spiro atoms. The number of piperidine rings is 1. The van der Waals surface area contributed by atoms with Gasteiger partial charge < -0.3 is 4.90 Å². The van der Waals surface area contributed by atoms with Crippen LogP contribution in [0.5, 0.6) is 0 Å². The summed E-state index contributed by atoms with van der Waals surface area (Å²) in [4.78, 5) is 30.9. The quantitative estimate of drug-likeness (QED) is 0.702. The summed E-state index contributed by atoms with van der Waals surface area (Å²) in [5.74, 6) is -2.07. The second-order valence-electron chi connectivity index (χ2n) is 11.4. The average Bonchev–Trinajstić information content (AvgIpc) is 3.72. The zero-order chi connectivity index (χ0) is 23.7. The van der Waals surface area contributed by atoms with Crippen LogP contribution < -0.4 is 5.32 Å². The third-order valence-electron chi connectivity index (χ3n) is 8.91. The number of carbonyl (C=O) groups excluding carboxylic acids is 2. The van der Waals surface area contributed by atoms with E-state index in [0.29, 0.717) is 25.0 Å². The lowest BCUT2D eigenvalue weighted by Gasteiger charge is -2.46. The van der Waals surface area contributed by atoms with Crippen molar-refractivity contribution in [2.24, 2.45) is 23.2 Å². The van der Waals surface area contributed by atoms with Gasteiger partial charge in [0.15, 0.2) is 0 Å². The summed E-state index contributed by atoms with van der Waals surface area (Å²) in [6.45, 7) is 3.35. The van der Waals surface area contributed by atoms with E-state index in [9.17, 15) is 18.4 Å². The van der Waals surface area contributed by atoms with Gasteiger partial charge in [0.1, 0.15) is 11.7 Å². The van der Waals surface area contributed by atoms with Crippen molar-refractivity contribution >= 4 is 23.5 Å². The molecular weight excluding hydrogens is 440 g/mol. The number of anilines is 1. The molecule has 2 amide bonds. The molecule has 3 aliphatic carbocycles. The first-order valence-corrected chi connectivity index (χ1v) is 12.9. The van der Waals surface area contributed by atoms with Crippen LogP contribution in [0.25, 0.3) is 5.70 Å². The second-order valence-corrected chi connectivity index (χ2v) is 11.4. The Balaban J connectivity index is 1.08. The summed E-state index contributed by atoms with van der Waals surface area (Å²) in [7, 11) is 0. The molecule has 9 heteroatoms. The van der Waals surface area contributed by atoms with E-state index in [1.54, 1.807) is 4.90 Å². The van der Waals surface area contributed by atoms with Gasteiger partial charge in [0.25, 0.3) is 5.92 Å². The third-order valence-corrected chi connectivity index (χ3v) is 8.91. The van der Waals surface area contributed by atoms with Gasteiger partial charge in [0, 0.05) is 43.0 Å². The van der Waals surface area contributed by atoms with Crippen LogP contribution in [0.1, 0.15) is 82.9 Å². The summed E-state index contributed by atoms with van der Waals surface area (Å²) in [5.41, 5.74) is 1.42. The Hall–Kier alpha value is -2.32. The maximum atomic E-state index is 13.3. The summed E-state index contributed by atoms with van der Waals surface area (Å²) >= 11 is 0. The first-order valence-electron chi connectivity index (χ1n) is 12.9. The van der Waals surface area contributed by atoms with Crippen LogP contribution in [0.4, 0.5) is 14.7 Å². The van der Waals surface area contributed by atoms with E-state index in [2.05, 4.69) is 28.4 Å². The number of nitrogens with zero attached hydrogens (tertiary/aromatic N) is 4. The summed E-state index contributed by atoms with van der Waals surface area (Å²) in [5, 5.41) is 7.57. The maximum absolute atomic E-state index is 13.3. The van der Waals surface area contributed by atoms with Crippen molar-refractivity contribution in [1.29, 1.82) is 0 Å². The maximum Gasteiger partial charge on any atom is 0.260 e. The van der Waals surface area contributed by atoms with E-state index < -0.39 is 11.8 Å². The van der Waals surface area contributed by atoms with E-state index in [1.807, 2.05) is 4.68 Å². The van der Waals surface area contributed by atoms with Crippen molar-refractivity contribution in [2.45, 2.75) is 83.0 Å². The Morgan fingerprint density at radius 3 is 2.38 bits per heavy atom. The lowest BCUT2D eigenvalue weighted by atomic mass is 9.65. The topological polar surface area (TPSA) is 80.1 Å². The zero-order valence-electron chi connectivity index (χ0n) is 19.7. The Bertz CT molecular complexity index is 1030. The molecule has 5 aliphatic rings. The van der Waals surface area contributed by atoms with Crippen molar-refractivity contribution in [1.82, 2.24) is 19.7 Å². The number of aromatic nitrogens is 3. The summed E-state index contributed by atoms with van der Waals surface area (Å²) < 4.78 is 28.6. The number of amides is 2. The summed E-state index contributed by atoms with van der Waals surface area (Å²) in [6.07, 6.45) is 10.9. The molecule has 184 valence electrons. The minimum absolute atomic E-state index is 0.0240. The fourth-order valence-corrected chi connectivity index (χ4v) is 6.20. The van der Waals surface area contributed by atoms with Crippen molar-refractivity contribution in [3.63, 3.8) is 0 Å². The van der Waals surface area contributed by atoms with Gasteiger partial charge >= 0.3 is 0 Å². The van der Waals surface area contributed by atoms with Crippen molar-refractivity contribution in [3.8, 4) is 0 Å². The lowest BCUT2D eigenvalue weighted by molar-refractivity contribution is -0.137. The van der Waals surface area contributed by atoms with Gasteiger partial charge in [-0.15, -0.1) is 5.10 Å². The molecular formula is C25H33F2N5O2. The van der Waals surface area contributed by atoms with E-state index in [-0.39, 0.29) is 35.5 Å². The first kappa shape index (κ1) is 22.2. The highest BCUT2D eigenvalue weighted by molar-refractivity contribution is 5.92. The van der Waals surface area contributed by atoms with Crippen molar-refractivity contribution < 1.29 is 18.4 Å². The minimum Gasteiger partial charge on any atom is -0.342 e. The molecule has 1 N–H and O–H groups in total. The molecule has 1 saturated heterocycles. The number of halogens is 2. The van der Waals surface area contributed by atoms with Gasteiger partial charge in [-0.1, -0.05) is 13.0 Å². The smallest absolute Gasteiger partial charge is 0.260 e. The van der Waals surface area contributed by atoms with E-state index in [4.69, 9.17) is 0 Å². The Morgan fingerprint density at radius 2 is 1.76 bits per heavy atom. The Labute approximate surface area is 198 Å². The molecule has 0 radical (unpaired) electrons. The highest BCUT2D eigenvalue weighted by atomic mass is 19.3. The van der Waals surface area contributed by atoms with Crippen LogP contribution in [0.15, 0.2) is 6.08 Å². The average molecular weight is 474 g/mol. The number of hydrogen-bond donors (Lipinski definition) is 1. The highest BCUT2D eigenvalue weighted by Gasteiger charge is 2.62. The normalized spacial score (nSPS) is 30.0. The van der Waals surface area contributed by atoms with Crippen LogP contribution in [0.3, 0.4) is 0 Å². The summed E-state index contributed by atoms with van der Waals surface area (Å²) in [6, 6.07) is 0. The van der Waals surface area contributed by atoms with Gasteiger partial charge in [-0.25, -0.2) is 13.5 Å². The number of alkyl halides is 2. The van der Waals surface area contributed by atoms with E-state index in [1.165, 1.54) is 5.70 Å². The molecule has 3 heterocycles. The number of allylic oxidation sites excluding steroid dienone is 2. The Kier molecular flexibility index (Phi) is 5.12. The Morgan fingerprint density at radius 1 is 1.09 bits per heavy atom. The molecule has 1 aromatic rings. The number of rotatable bonds is 4. The van der Waals surface area contributed by atoms with Crippen LogP contribution in [-0.2, 0) is 9.59 Å². The number of hydrogen-bond acceptors (Lipinski definition) is 4. The molecule has 34 heavy (non-hydrogen) atoms. The fraction of sp³-hybridized carbons (Fsp3) is 0.760. The van der Waals surface area contributed by atoms with Crippen molar-refractivity contribution in [3.05, 3.63) is 11.9 Å². The van der Waals surface area contributed by atoms with Gasteiger partial charge in [-0.3, -0.25) is 14.9 Å². The predicted octanol–water partition coefficient (Wildman–Crippen LogP) is 4.43. The SMILES string of the molecule is CC1CC=C(C2CCC3(CC2)CCN(C(=O)[C@@H]2CC2(F)F)CC3)n2nc(NC(=O)C3CC3)nc21. The molecule has 2 atom stereocenters. The monoisotopic (exact) mass is 473 g/mol. The van der Waals surface area contributed by atoms with E-state index >= 15 is 0 Å². The molecule has 4 fully saturated rings. The number of fused-ring (bicyclic) bond motifs is 1. The minimum atomic E-state index is -2.78. The first-order chi connectivity index (χ1) is 16.2. The standard InChI is InChI=1S/C25H33F2N5O2/c1-15-2-5-19(32-20(15)28-23(30-32)29-21(33)17-3-4-17)16-6-8-24(9-7-16)10-12-31(13-11-24)22(34)18-14-25(18,26)27/h5,15-18H,2-4,6-14H2,1H3,(H,29,30,33)/t15?,18-/m0/s1. The molecule has 6 rings (SSSR count). The molecule has 0 aromatic carbocycles. The molecule has 1 unspecified atom stereocenters. The van der Waals surface area contributed by atoms with Crippen LogP contribution in [-0.4, -0.2) is 50.5 Å². The molecule has 1 aromatic heterocycles. The molecule has 0 bridgehead atoms. The second kappa shape index (κ2) is 7.85. The zero-order valence-corrected chi connectivity index (χ0v) is 19.7. The third kappa shape index (κ3) is 3.94. The molecule has 3 saturated carbocycles. The predicted molar refractivity (Wildman–Crippen MR) is 122 cm³/mol. The lowest BCUT2D eigenvalue weighted by Crippen LogP contribution is -2.45. The largest absolute Gasteiger partial charge is 0.342 e. The van der Waals surface area contributed by atoms with Gasteiger partial charge in [-0.05, 0) is 63.2 Å². The van der Waals surface area contributed by atoms with Gasteiger partial charge in [0.2, 0.25) is 17.8 Å². The fourth-order valence-electron chi connectivity index (χ4n) is 6.20. The van der Waals surface area contributed by atoms with Crippen LogP contribution >= 0.6 is 0 Å². The molecule has 7 nitrogen and oxygen atoms in total. The number of likely N-dealkylation sites (tertiary alicyclic amines) is 1. The van der Waals surface area contributed by atoms with Gasteiger partial charge in [-0.2, -0.15) is 4.98 Å². The van der Waals surface area contributed by atoms with Crippen molar-refractivity contribution in [2.75, 3.05) is 18.4 Å². The number of carbonyl (C=O) groups is 2. The highest BCUT2D eigenvalue weighted by Crippen LogP contribution is 2.52.